The van der Waals surface area contributed by atoms with Crippen LogP contribution in [0.1, 0.15) is 43.4 Å². The third-order valence-corrected chi connectivity index (χ3v) is 4.43. The summed E-state index contributed by atoms with van der Waals surface area (Å²) in [4.78, 5) is 0. The van der Waals surface area contributed by atoms with Crippen LogP contribution < -0.4 is 4.74 Å². The second kappa shape index (κ2) is 11.0. The van der Waals surface area contributed by atoms with Crippen LogP contribution in [0, 0.1) is 23.5 Å². The molecular formula is C26H24F2N2O. The number of benzene rings is 3. The Bertz CT molecular complexity index is 1070. The molecule has 31 heavy (non-hydrogen) atoms. The van der Waals surface area contributed by atoms with Crippen LogP contribution in [0.3, 0.4) is 0 Å². The van der Waals surface area contributed by atoms with Crippen molar-refractivity contribution in [3.63, 3.8) is 0 Å². The molecular weight excluding hydrogens is 394 g/mol. The molecule has 0 heterocycles. The highest BCUT2D eigenvalue weighted by Crippen LogP contribution is 2.22. The summed E-state index contributed by atoms with van der Waals surface area (Å²) < 4.78 is 33.9. The lowest BCUT2D eigenvalue weighted by Crippen LogP contribution is -1.94. The molecule has 0 atom stereocenters. The summed E-state index contributed by atoms with van der Waals surface area (Å²) in [5.74, 6) is 4.94. The number of hydrogen-bond acceptors (Lipinski definition) is 3. The van der Waals surface area contributed by atoms with E-state index in [2.05, 4.69) is 29.0 Å². The van der Waals surface area contributed by atoms with Crippen molar-refractivity contribution >= 4 is 11.4 Å². The molecule has 0 bridgehead atoms. The number of azo groups is 1. The highest BCUT2D eigenvalue weighted by molar-refractivity contribution is 5.49. The van der Waals surface area contributed by atoms with Crippen LogP contribution in [0.4, 0.5) is 20.2 Å². The summed E-state index contributed by atoms with van der Waals surface area (Å²) in [6.45, 7) is 4.70. The second-order valence-electron chi connectivity index (χ2n) is 7.02. The average Bonchev–Trinajstić information content (AvgIpc) is 2.77. The molecule has 3 rings (SSSR count). The van der Waals surface area contributed by atoms with Crippen LogP contribution in [0.5, 0.6) is 5.75 Å². The second-order valence-corrected chi connectivity index (χ2v) is 7.02. The molecule has 0 fully saturated rings. The molecule has 0 N–H and O–H groups in total. The van der Waals surface area contributed by atoms with Gasteiger partial charge in [-0.2, -0.15) is 10.2 Å². The summed E-state index contributed by atoms with van der Waals surface area (Å²) in [6.07, 6.45) is 2.41. The van der Waals surface area contributed by atoms with Crippen LogP contribution in [-0.2, 0) is 6.42 Å². The fraction of sp³-hybridized carbons (Fsp3) is 0.231. The molecule has 0 aliphatic heterocycles. The van der Waals surface area contributed by atoms with Gasteiger partial charge in [-0.05, 0) is 79.1 Å². The standard InChI is InChI=1S/C26H24F2N2O/c1-3-5-20-17-25(27)24(26(28)18-20)15-8-19-6-9-21(10-7-19)29-30-22-11-13-23(14-12-22)31-16-4-2/h6-7,9-14,17-18H,3-5,16H2,1-2H3. The molecule has 0 amide bonds. The van der Waals surface area contributed by atoms with Gasteiger partial charge in [0.2, 0.25) is 0 Å². The molecule has 0 saturated heterocycles. The molecule has 0 spiro atoms. The van der Waals surface area contributed by atoms with Crippen LogP contribution >= 0.6 is 0 Å². The minimum atomic E-state index is -0.632. The maximum atomic E-state index is 14.2. The van der Waals surface area contributed by atoms with Crippen molar-refractivity contribution in [2.45, 2.75) is 33.1 Å². The van der Waals surface area contributed by atoms with Gasteiger partial charge in [-0.1, -0.05) is 32.1 Å². The van der Waals surface area contributed by atoms with Crippen LogP contribution in [-0.4, -0.2) is 6.61 Å². The van der Waals surface area contributed by atoms with Crippen LogP contribution in [0.25, 0.3) is 0 Å². The lowest BCUT2D eigenvalue weighted by molar-refractivity contribution is 0.317. The molecule has 0 radical (unpaired) electrons. The van der Waals surface area contributed by atoms with Crippen LogP contribution in [0.15, 0.2) is 70.9 Å². The van der Waals surface area contributed by atoms with Gasteiger partial charge in [0.1, 0.15) is 17.4 Å². The third-order valence-electron chi connectivity index (χ3n) is 4.43. The summed E-state index contributed by atoms with van der Waals surface area (Å²) in [5, 5.41) is 8.40. The Morgan fingerprint density at radius 1 is 0.774 bits per heavy atom. The number of hydrogen-bond donors (Lipinski definition) is 0. The zero-order valence-electron chi connectivity index (χ0n) is 17.7. The molecule has 0 unspecified atom stereocenters. The Morgan fingerprint density at radius 3 is 1.90 bits per heavy atom. The van der Waals surface area contributed by atoms with E-state index in [-0.39, 0.29) is 5.56 Å². The first-order valence-corrected chi connectivity index (χ1v) is 10.3. The van der Waals surface area contributed by atoms with Crippen molar-refractivity contribution in [2.75, 3.05) is 6.61 Å². The first-order valence-electron chi connectivity index (χ1n) is 10.3. The lowest BCUT2D eigenvalue weighted by Gasteiger charge is -2.03. The Kier molecular flexibility index (Phi) is 7.89. The van der Waals surface area contributed by atoms with Gasteiger partial charge >= 0.3 is 0 Å². The van der Waals surface area contributed by atoms with E-state index in [4.69, 9.17) is 4.74 Å². The van der Waals surface area contributed by atoms with E-state index in [1.54, 1.807) is 24.3 Å². The number of aryl methyl sites for hydroxylation is 1. The van der Waals surface area contributed by atoms with Crippen molar-refractivity contribution in [3.05, 3.63) is 89.0 Å². The number of ether oxygens (including phenoxy) is 1. The summed E-state index contributed by atoms with van der Waals surface area (Å²) in [5.41, 5.74) is 2.42. The van der Waals surface area contributed by atoms with E-state index < -0.39 is 11.6 Å². The lowest BCUT2D eigenvalue weighted by atomic mass is 10.1. The van der Waals surface area contributed by atoms with E-state index in [1.165, 1.54) is 12.1 Å². The average molecular weight is 418 g/mol. The third kappa shape index (κ3) is 6.48. The van der Waals surface area contributed by atoms with Gasteiger partial charge in [0.15, 0.2) is 0 Å². The number of nitrogens with zero attached hydrogens (tertiary/aromatic N) is 2. The smallest absolute Gasteiger partial charge is 0.142 e. The Hall–Kier alpha value is -3.52. The maximum Gasteiger partial charge on any atom is 0.142 e. The minimum absolute atomic E-state index is 0.213. The number of rotatable bonds is 7. The number of halogens is 2. The molecule has 3 aromatic carbocycles. The summed E-state index contributed by atoms with van der Waals surface area (Å²) in [7, 11) is 0. The van der Waals surface area contributed by atoms with Crippen molar-refractivity contribution < 1.29 is 13.5 Å². The molecule has 158 valence electrons. The van der Waals surface area contributed by atoms with Gasteiger partial charge in [0.25, 0.3) is 0 Å². The predicted molar refractivity (Wildman–Crippen MR) is 119 cm³/mol. The van der Waals surface area contributed by atoms with E-state index in [0.29, 0.717) is 35.5 Å². The van der Waals surface area contributed by atoms with E-state index in [0.717, 1.165) is 18.6 Å². The molecule has 0 aromatic heterocycles. The Morgan fingerprint density at radius 2 is 1.35 bits per heavy atom. The van der Waals surface area contributed by atoms with Gasteiger partial charge in [0, 0.05) is 5.56 Å². The maximum absolute atomic E-state index is 14.2. The highest BCUT2D eigenvalue weighted by Gasteiger charge is 2.08. The first kappa shape index (κ1) is 22.2. The topological polar surface area (TPSA) is 34.0 Å². The van der Waals surface area contributed by atoms with E-state index >= 15 is 0 Å². The highest BCUT2D eigenvalue weighted by atomic mass is 19.1. The van der Waals surface area contributed by atoms with Crippen LogP contribution in [0.2, 0.25) is 0 Å². The van der Waals surface area contributed by atoms with Crippen molar-refractivity contribution in [1.82, 2.24) is 0 Å². The molecule has 5 heteroatoms. The van der Waals surface area contributed by atoms with Gasteiger partial charge in [0.05, 0.1) is 23.5 Å². The molecule has 3 aromatic rings. The fourth-order valence-electron chi connectivity index (χ4n) is 2.87. The monoisotopic (exact) mass is 418 g/mol. The van der Waals surface area contributed by atoms with E-state index in [9.17, 15) is 8.78 Å². The zero-order valence-corrected chi connectivity index (χ0v) is 17.7. The Balaban J connectivity index is 1.67. The fourth-order valence-corrected chi connectivity index (χ4v) is 2.87. The van der Waals surface area contributed by atoms with Gasteiger partial charge < -0.3 is 4.74 Å². The van der Waals surface area contributed by atoms with Crippen molar-refractivity contribution in [3.8, 4) is 17.6 Å². The molecule has 3 nitrogen and oxygen atoms in total. The SMILES string of the molecule is CCCOc1ccc(N=Nc2ccc(C#Cc3c(F)cc(CCC)cc3F)cc2)cc1. The largest absolute Gasteiger partial charge is 0.494 e. The van der Waals surface area contributed by atoms with Gasteiger partial charge in [-0.15, -0.1) is 0 Å². The van der Waals surface area contributed by atoms with Gasteiger partial charge in [-0.3, -0.25) is 0 Å². The zero-order chi connectivity index (χ0) is 22.1. The predicted octanol–water partition coefficient (Wildman–Crippen LogP) is 7.52. The van der Waals surface area contributed by atoms with Crippen molar-refractivity contribution in [1.29, 1.82) is 0 Å². The van der Waals surface area contributed by atoms with Gasteiger partial charge in [-0.25, -0.2) is 8.78 Å². The first-order chi connectivity index (χ1) is 15.1. The molecule has 0 aliphatic rings. The molecule has 0 saturated carbocycles. The van der Waals surface area contributed by atoms with E-state index in [1.807, 2.05) is 31.2 Å². The minimum Gasteiger partial charge on any atom is -0.494 e. The van der Waals surface area contributed by atoms with Crippen molar-refractivity contribution in [2.24, 2.45) is 10.2 Å². The summed E-state index contributed by atoms with van der Waals surface area (Å²) >= 11 is 0. The molecule has 0 aliphatic carbocycles. The normalized spacial score (nSPS) is 10.7. The quantitative estimate of drug-likeness (QED) is 0.288. The summed E-state index contributed by atoms with van der Waals surface area (Å²) in [6, 6.07) is 17.1. The Labute approximate surface area is 181 Å².